The predicted octanol–water partition coefficient (Wildman–Crippen LogP) is 5.70. The summed E-state index contributed by atoms with van der Waals surface area (Å²) in [5, 5.41) is 1.07. The van der Waals surface area contributed by atoms with E-state index < -0.39 is 0 Å². The van der Waals surface area contributed by atoms with Crippen LogP contribution in [0, 0.1) is 0 Å². The molecule has 0 N–H and O–H groups in total. The molecule has 0 aliphatic carbocycles. The molecule has 3 aromatic carbocycles. The van der Waals surface area contributed by atoms with Gasteiger partial charge in [-0.25, -0.2) is 4.98 Å². The molecule has 6 rings (SSSR count). The summed E-state index contributed by atoms with van der Waals surface area (Å²) in [5.41, 5.74) is 4.80. The van der Waals surface area contributed by atoms with E-state index in [2.05, 4.69) is 27.8 Å². The second kappa shape index (κ2) is 7.15. The summed E-state index contributed by atoms with van der Waals surface area (Å²) in [6.07, 6.45) is 1.82. The number of benzene rings is 3. The minimum absolute atomic E-state index is 0.576. The molecule has 0 spiro atoms. The van der Waals surface area contributed by atoms with E-state index in [0.717, 1.165) is 33.1 Å². The molecule has 0 atom stereocenters. The van der Waals surface area contributed by atoms with Crippen LogP contribution >= 0.6 is 0 Å². The van der Waals surface area contributed by atoms with Crippen molar-refractivity contribution in [2.75, 3.05) is 0 Å². The van der Waals surface area contributed by atoms with Crippen molar-refractivity contribution >= 4 is 21.9 Å². The highest BCUT2D eigenvalue weighted by atomic mass is 15.2. The van der Waals surface area contributed by atoms with Crippen LogP contribution in [0.25, 0.3) is 50.7 Å². The molecule has 0 unspecified atom stereocenters. The lowest BCUT2D eigenvalue weighted by Crippen LogP contribution is -2.06. The fourth-order valence-corrected chi connectivity index (χ4v) is 3.90. The van der Waals surface area contributed by atoms with Gasteiger partial charge in [0, 0.05) is 22.7 Å². The van der Waals surface area contributed by atoms with Gasteiger partial charge >= 0.3 is 0 Å². The van der Waals surface area contributed by atoms with E-state index in [4.69, 9.17) is 15.0 Å². The van der Waals surface area contributed by atoms with Gasteiger partial charge in [0.15, 0.2) is 11.6 Å². The summed E-state index contributed by atoms with van der Waals surface area (Å²) in [6, 6.07) is 32.2. The maximum atomic E-state index is 4.88. The summed E-state index contributed by atoms with van der Waals surface area (Å²) in [6.45, 7) is 0. The molecule has 0 aliphatic rings. The molecule has 0 amide bonds. The molecule has 146 valence electrons. The fourth-order valence-electron chi connectivity index (χ4n) is 3.90. The Morgan fingerprint density at radius 2 is 1.10 bits per heavy atom. The van der Waals surface area contributed by atoms with E-state index in [1.807, 2.05) is 85.1 Å². The van der Waals surface area contributed by atoms with Crippen molar-refractivity contribution < 1.29 is 0 Å². The Hall–Kier alpha value is -4.38. The van der Waals surface area contributed by atoms with Crippen molar-refractivity contribution in [3.05, 3.63) is 103 Å². The maximum absolute atomic E-state index is 4.88. The Morgan fingerprint density at radius 1 is 0.516 bits per heavy atom. The summed E-state index contributed by atoms with van der Waals surface area (Å²) < 4.78 is 2.07. The number of hydrogen-bond donors (Lipinski definition) is 0. The molecule has 6 aromatic rings. The van der Waals surface area contributed by atoms with Gasteiger partial charge in [0.25, 0.3) is 0 Å². The molecular formula is C26H17N5. The van der Waals surface area contributed by atoms with Gasteiger partial charge in [0.1, 0.15) is 0 Å². The maximum Gasteiger partial charge on any atom is 0.238 e. The van der Waals surface area contributed by atoms with Gasteiger partial charge in [-0.05, 0) is 18.2 Å². The highest BCUT2D eigenvalue weighted by Crippen LogP contribution is 2.30. The van der Waals surface area contributed by atoms with E-state index in [0.29, 0.717) is 17.6 Å². The quantitative estimate of drug-likeness (QED) is 0.383. The van der Waals surface area contributed by atoms with Crippen LogP contribution in [-0.4, -0.2) is 24.5 Å². The minimum atomic E-state index is 0.576. The third kappa shape index (κ3) is 2.95. The first-order valence-electron chi connectivity index (χ1n) is 10.1. The number of pyridine rings is 1. The minimum Gasteiger partial charge on any atom is -0.276 e. The topological polar surface area (TPSA) is 56.5 Å². The first kappa shape index (κ1) is 17.5. The Balaban J connectivity index is 1.69. The monoisotopic (exact) mass is 399 g/mol. The number of rotatable bonds is 3. The van der Waals surface area contributed by atoms with E-state index >= 15 is 0 Å². The SMILES string of the molecule is c1ccc(-c2nc(-c3ccccc3)nc(-n3c4ccccc4c4ncccc43)n2)cc1. The highest BCUT2D eigenvalue weighted by molar-refractivity contribution is 6.06. The third-order valence-electron chi connectivity index (χ3n) is 5.31. The van der Waals surface area contributed by atoms with Crippen LogP contribution in [0.1, 0.15) is 0 Å². The predicted molar refractivity (Wildman–Crippen MR) is 123 cm³/mol. The Bertz CT molecular complexity index is 1410. The summed E-state index contributed by atoms with van der Waals surface area (Å²) in [5.74, 6) is 1.85. The van der Waals surface area contributed by atoms with Gasteiger partial charge in [-0.3, -0.25) is 9.55 Å². The van der Waals surface area contributed by atoms with Crippen molar-refractivity contribution in [3.8, 4) is 28.7 Å². The number of fused-ring (bicyclic) bond motifs is 3. The number of nitrogens with zero attached hydrogens (tertiary/aromatic N) is 5. The standard InChI is InChI=1S/C26H17N5/c1-3-10-18(11-4-1)24-28-25(19-12-5-2-6-13-19)30-26(29-24)31-21-15-8-7-14-20(21)23-22(31)16-9-17-27-23/h1-17H. The average molecular weight is 399 g/mol. The molecule has 31 heavy (non-hydrogen) atoms. The van der Waals surface area contributed by atoms with Crippen LogP contribution < -0.4 is 0 Å². The normalized spacial score (nSPS) is 11.2. The van der Waals surface area contributed by atoms with Gasteiger partial charge in [0.2, 0.25) is 5.95 Å². The highest BCUT2D eigenvalue weighted by Gasteiger charge is 2.17. The van der Waals surface area contributed by atoms with E-state index in [-0.39, 0.29) is 0 Å². The second-order valence-corrected chi connectivity index (χ2v) is 7.24. The van der Waals surface area contributed by atoms with Gasteiger partial charge in [-0.1, -0.05) is 78.9 Å². The summed E-state index contributed by atoms with van der Waals surface area (Å²) in [7, 11) is 0. The van der Waals surface area contributed by atoms with Crippen molar-refractivity contribution in [3.63, 3.8) is 0 Å². The molecule has 0 aliphatic heterocycles. The van der Waals surface area contributed by atoms with Crippen LogP contribution in [-0.2, 0) is 0 Å². The zero-order valence-corrected chi connectivity index (χ0v) is 16.6. The average Bonchev–Trinajstić information content (AvgIpc) is 3.19. The van der Waals surface area contributed by atoms with Crippen LogP contribution in [0.5, 0.6) is 0 Å². The lowest BCUT2D eigenvalue weighted by atomic mass is 10.2. The zero-order valence-electron chi connectivity index (χ0n) is 16.6. The second-order valence-electron chi connectivity index (χ2n) is 7.24. The van der Waals surface area contributed by atoms with E-state index in [1.54, 1.807) is 0 Å². The van der Waals surface area contributed by atoms with Gasteiger partial charge in [-0.15, -0.1) is 0 Å². The number of aromatic nitrogens is 5. The van der Waals surface area contributed by atoms with Crippen LogP contribution in [0.15, 0.2) is 103 Å². The largest absolute Gasteiger partial charge is 0.276 e. The van der Waals surface area contributed by atoms with Crippen molar-refractivity contribution in [1.29, 1.82) is 0 Å². The smallest absolute Gasteiger partial charge is 0.238 e. The first-order valence-corrected chi connectivity index (χ1v) is 10.1. The summed E-state index contributed by atoms with van der Waals surface area (Å²) >= 11 is 0. The number of para-hydroxylation sites is 1. The van der Waals surface area contributed by atoms with E-state index in [1.165, 1.54) is 0 Å². The Labute approximate surface area is 178 Å². The molecular weight excluding hydrogens is 382 g/mol. The van der Waals surface area contributed by atoms with Gasteiger partial charge in [0.05, 0.1) is 16.6 Å². The molecule has 0 saturated carbocycles. The fraction of sp³-hybridized carbons (Fsp3) is 0. The van der Waals surface area contributed by atoms with Crippen molar-refractivity contribution in [2.45, 2.75) is 0 Å². The molecule has 0 fully saturated rings. The molecule has 0 radical (unpaired) electrons. The molecule has 0 bridgehead atoms. The number of hydrogen-bond acceptors (Lipinski definition) is 4. The first-order chi connectivity index (χ1) is 15.4. The third-order valence-corrected chi connectivity index (χ3v) is 5.31. The Morgan fingerprint density at radius 3 is 1.77 bits per heavy atom. The molecule has 3 aromatic heterocycles. The lowest BCUT2D eigenvalue weighted by Gasteiger charge is -2.10. The lowest BCUT2D eigenvalue weighted by molar-refractivity contribution is 0.953. The Kier molecular flexibility index (Phi) is 4.03. The zero-order chi connectivity index (χ0) is 20.6. The van der Waals surface area contributed by atoms with Crippen molar-refractivity contribution in [1.82, 2.24) is 24.5 Å². The molecule has 3 heterocycles. The van der Waals surface area contributed by atoms with Crippen LogP contribution in [0.4, 0.5) is 0 Å². The molecule has 5 nitrogen and oxygen atoms in total. The van der Waals surface area contributed by atoms with Gasteiger partial charge in [-0.2, -0.15) is 9.97 Å². The van der Waals surface area contributed by atoms with Crippen LogP contribution in [0.2, 0.25) is 0 Å². The van der Waals surface area contributed by atoms with Crippen molar-refractivity contribution in [2.24, 2.45) is 0 Å². The molecule has 0 saturated heterocycles. The van der Waals surface area contributed by atoms with Crippen LogP contribution in [0.3, 0.4) is 0 Å². The summed E-state index contributed by atoms with van der Waals surface area (Å²) in [4.78, 5) is 19.2. The van der Waals surface area contributed by atoms with Gasteiger partial charge < -0.3 is 0 Å². The van der Waals surface area contributed by atoms with E-state index in [9.17, 15) is 0 Å². The molecule has 5 heteroatoms.